The molecule has 0 aliphatic rings. The van der Waals surface area contributed by atoms with E-state index in [9.17, 15) is 19.2 Å². The van der Waals surface area contributed by atoms with E-state index >= 15 is 0 Å². The maximum absolute atomic E-state index is 12.9. The predicted molar refractivity (Wildman–Crippen MR) is 164 cm³/mol. The first-order chi connectivity index (χ1) is 21.3. The fourth-order valence-corrected chi connectivity index (χ4v) is 3.58. The van der Waals surface area contributed by atoms with Gasteiger partial charge in [-0.1, -0.05) is 30.3 Å². The number of carbonyl (C=O) groups excluding carboxylic acids is 4. The van der Waals surface area contributed by atoms with Crippen LogP contribution in [0.3, 0.4) is 0 Å². The van der Waals surface area contributed by atoms with Crippen LogP contribution < -0.4 is 38.5 Å². The summed E-state index contributed by atoms with van der Waals surface area (Å²) in [5.41, 5.74) is 15.6. The van der Waals surface area contributed by atoms with Crippen molar-refractivity contribution in [1.29, 1.82) is 0 Å². The van der Waals surface area contributed by atoms with Crippen LogP contribution >= 0.6 is 0 Å². The highest BCUT2D eigenvalue weighted by molar-refractivity contribution is 5.76. The number of rotatable bonds is 26. The summed E-state index contributed by atoms with van der Waals surface area (Å²) in [6.45, 7) is 2.17. The molecule has 0 aromatic heterocycles. The molecule has 0 spiro atoms. The lowest BCUT2D eigenvalue weighted by molar-refractivity contribution is -0.156. The minimum absolute atomic E-state index is 0.0000408. The molecule has 0 saturated carbocycles. The highest BCUT2D eigenvalue weighted by Gasteiger charge is 2.35. The standard InChI is InChI=1S/C29H51N7O8/c30-12-4-15-33-25(37)9-18-41-22-29(44-20-11-27(39)35-17-6-14-32,23-42-19-10-26(38)34-16-5-13-31)36-28(40)43-21-24-7-2-1-3-8-24/h1-3,7-8H,4-6,9-23,30-32H2,(H,33,37)(H,34,38)(H,35,39)(H,36,40). The lowest BCUT2D eigenvalue weighted by atomic mass is 10.2. The van der Waals surface area contributed by atoms with Gasteiger partial charge >= 0.3 is 6.09 Å². The van der Waals surface area contributed by atoms with Gasteiger partial charge in [-0.25, -0.2) is 4.79 Å². The Balaban J connectivity index is 2.91. The van der Waals surface area contributed by atoms with Gasteiger partial charge in [-0.3, -0.25) is 19.7 Å². The van der Waals surface area contributed by atoms with Crippen molar-refractivity contribution < 1.29 is 38.1 Å². The molecule has 250 valence electrons. The molecule has 0 aliphatic heterocycles. The number of benzene rings is 1. The molecular weight excluding hydrogens is 574 g/mol. The lowest BCUT2D eigenvalue weighted by Crippen LogP contribution is -2.58. The quantitative estimate of drug-likeness (QED) is 0.0499. The molecule has 0 aliphatic carbocycles. The van der Waals surface area contributed by atoms with Crippen LogP contribution in [-0.2, 0) is 39.9 Å². The van der Waals surface area contributed by atoms with Gasteiger partial charge < -0.3 is 52.1 Å². The molecule has 0 saturated heterocycles. The van der Waals surface area contributed by atoms with Gasteiger partial charge in [0, 0.05) is 32.5 Å². The van der Waals surface area contributed by atoms with Crippen molar-refractivity contribution >= 4 is 23.8 Å². The van der Waals surface area contributed by atoms with Crippen molar-refractivity contribution in [3.05, 3.63) is 35.9 Å². The summed E-state index contributed by atoms with van der Waals surface area (Å²) in [6, 6.07) is 9.11. The largest absolute Gasteiger partial charge is 0.445 e. The lowest BCUT2D eigenvalue weighted by Gasteiger charge is -2.34. The molecule has 0 bridgehead atoms. The molecule has 44 heavy (non-hydrogen) atoms. The molecule has 4 amide bonds. The summed E-state index contributed by atoms with van der Waals surface area (Å²) in [7, 11) is 0. The molecule has 15 heteroatoms. The van der Waals surface area contributed by atoms with Crippen LogP contribution in [0.1, 0.15) is 44.1 Å². The highest BCUT2D eigenvalue weighted by Crippen LogP contribution is 2.13. The van der Waals surface area contributed by atoms with E-state index in [0.29, 0.717) is 58.5 Å². The van der Waals surface area contributed by atoms with Crippen LogP contribution in [0.4, 0.5) is 4.79 Å². The van der Waals surface area contributed by atoms with E-state index in [0.717, 1.165) is 5.56 Å². The Morgan fingerprint density at radius 1 is 0.659 bits per heavy atom. The summed E-state index contributed by atoms with van der Waals surface area (Å²) in [5, 5.41) is 10.9. The number of nitrogens with two attached hydrogens (primary N) is 3. The predicted octanol–water partition coefficient (Wildman–Crippen LogP) is -0.776. The maximum atomic E-state index is 12.9. The number of hydrogen-bond acceptors (Lipinski definition) is 11. The second-order valence-corrected chi connectivity index (χ2v) is 9.86. The van der Waals surface area contributed by atoms with Crippen LogP contribution in [0.2, 0.25) is 0 Å². The topological polar surface area (TPSA) is 231 Å². The average molecular weight is 626 g/mol. The molecule has 0 atom stereocenters. The van der Waals surface area contributed by atoms with Crippen molar-refractivity contribution in [3.63, 3.8) is 0 Å². The van der Waals surface area contributed by atoms with Crippen molar-refractivity contribution in [2.45, 2.75) is 50.9 Å². The third-order valence-electron chi connectivity index (χ3n) is 5.98. The van der Waals surface area contributed by atoms with Gasteiger partial charge in [-0.2, -0.15) is 0 Å². The number of alkyl carbamates (subject to hydrolysis) is 1. The van der Waals surface area contributed by atoms with Crippen molar-refractivity contribution in [1.82, 2.24) is 21.3 Å². The Kier molecular flexibility index (Phi) is 22.0. The summed E-state index contributed by atoms with van der Waals surface area (Å²) in [5.74, 6) is -0.693. The fourth-order valence-electron chi connectivity index (χ4n) is 3.58. The highest BCUT2D eigenvalue weighted by atomic mass is 16.6. The molecule has 15 nitrogen and oxygen atoms in total. The minimum atomic E-state index is -1.60. The van der Waals surface area contributed by atoms with Gasteiger partial charge in [0.25, 0.3) is 0 Å². The Bertz CT molecular complexity index is 910. The second-order valence-electron chi connectivity index (χ2n) is 9.86. The van der Waals surface area contributed by atoms with Gasteiger partial charge in [0.15, 0.2) is 5.72 Å². The zero-order valence-electron chi connectivity index (χ0n) is 25.6. The molecule has 0 unspecified atom stereocenters. The number of hydrogen-bond donors (Lipinski definition) is 7. The zero-order chi connectivity index (χ0) is 32.3. The first-order valence-electron chi connectivity index (χ1n) is 15.0. The fraction of sp³-hybridized carbons (Fsp3) is 0.655. The minimum Gasteiger partial charge on any atom is -0.445 e. The molecule has 0 radical (unpaired) electrons. The van der Waals surface area contributed by atoms with E-state index in [4.69, 9.17) is 36.1 Å². The van der Waals surface area contributed by atoms with Gasteiger partial charge in [0.05, 0.1) is 39.5 Å². The van der Waals surface area contributed by atoms with Gasteiger partial charge in [-0.15, -0.1) is 0 Å². The summed E-state index contributed by atoms with van der Waals surface area (Å²) >= 11 is 0. The van der Waals surface area contributed by atoms with Gasteiger partial charge in [0.1, 0.15) is 6.61 Å². The van der Waals surface area contributed by atoms with Crippen molar-refractivity contribution in [2.75, 3.05) is 72.3 Å². The normalized spacial score (nSPS) is 11.1. The van der Waals surface area contributed by atoms with E-state index in [1.807, 2.05) is 30.3 Å². The van der Waals surface area contributed by atoms with Crippen molar-refractivity contribution in [2.24, 2.45) is 17.2 Å². The SMILES string of the molecule is NCCCNC(=O)CCOCC(COCCC(=O)NCCCN)(NC(=O)OCc1ccccc1)OCCC(=O)NCCCN. The zero-order valence-corrected chi connectivity index (χ0v) is 25.6. The second kappa shape index (κ2) is 25.0. The summed E-state index contributed by atoms with van der Waals surface area (Å²) < 4.78 is 22.9. The molecule has 0 fully saturated rings. The van der Waals surface area contributed by atoms with Crippen LogP contribution in [0.25, 0.3) is 0 Å². The first-order valence-corrected chi connectivity index (χ1v) is 15.0. The molecule has 1 aromatic carbocycles. The van der Waals surface area contributed by atoms with Gasteiger partial charge in [0.2, 0.25) is 17.7 Å². The monoisotopic (exact) mass is 625 g/mol. The molecule has 10 N–H and O–H groups in total. The summed E-state index contributed by atoms with van der Waals surface area (Å²) in [6.07, 6.45) is 1.24. The van der Waals surface area contributed by atoms with E-state index < -0.39 is 11.8 Å². The molecule has 1 aromatic rings. The van der Waals surface area contributed by atoms with Crippen LogP contribution in [-0.4, -0.2) is 102 Å². The first kappa shape index (κ1) is 38.7. The van der Waals surface area contributed by atoms with E-state index in [1.54, 1.807) is 0 Å². The van der Waals surface area contributed by atoms with E-state index in [-0.39, 0.29) is 76.6 Å². The molecule has 1 rings (SSSR count). The third-order valence-corrected chi connectivity index (χ3v) is 5.98. The maximum Gasteiger partial charge on any atom is 0.409 e. The molecular formula is C29H51N7O8. The number of carbonyl (C=O) groups is 4. The third kappa shape index (κ3) is 19.8. The Hall–Kier alpha value is -3.34. The molecule has 0 heterocycles. The van der Waals surface area contributed by atoms with E-state index in [2.05, 4.69) is 21.3 Å². The summed E-state index contributed by atoms with van der Waals surface area (Å²) in [4.78, 5) is 49.4. The van der Waals surface area contributed by atoms with E-state index in [1.165, 1.54) is 0 Å². The van der Waals surface area contributed by atoms with Gasteiger partial charge in [-0.05, 0) is 44.5 Å². The number of amides is 4. The smallest absolute Gasteiger partial charge is 0.409 e. The van der Waals surface area contributed by atoms with Crippen LogP contribution in [0, 0.1) is 0 Å². The Morgan fingerprint density at radius 3 is 1.57 bits per heavy atom. The van der Waals surface area contributed by atoms with Crippen LogP contribution in [0.15, 0.2) is 30.3 Å². The average Bonchev–Trinajstić information content (AvgIpc) is 3.01. The number of ether oxygens (including phenoxy) is 4. The Morgan fingerprint density at radius 2 is 1.11 bits per heavy atom. The van der Waals surface area contributed by atoms with Crippen LogP contribution in [0.5, 0.6) is 0 Å². The Labute approximate surface area is 259 Å². The van der Waals surface area contributed by atoms with Crippen molar-refractivity contribution in [3.8, 4) is 0 Å². The number of nitrogens with one attached hydrogen (secondary N) is 4.